The standard InChI is InChI=1S/C15H17N3OS/c19-15(14-7-11-8-16-4-1-13(11)20-14)17-12-9-18-5-2-10(12)3-6-18/h1,4,7-8,10,12H,2-3,5-6,9H2,(H,17,19)/t12-/m1/s1. The second-order valence-electron chi connectivity index (χ2n) is 5.74. The average Bonchev–Trinajstić information content (AvgIpc) is 2.92. The zero-order valence-corrected chi connectivity index (χ0v) is 12.0. The highest BCUT2D eigenvalue weighted by molar-refractivity contribution is 7.20. The lowest BCUT2D eigenvalue weighted by atomic mass is 9.84. The molecule has 5 heteroatoms. The van der Waals surface area contributed by atoms with Crippen LogP contribution in [-0.4, -0.2) is 41.5 Å². The van der Waals surface area contributed by atoms with Gasteiger partial charge in [0.25, 0.3) is 5.91 Å². The van der Waals surface area contributed by atoms with Crippen LogP contribution in [0.4, 0.5) is 0 Å². The summed E-state index contributed by atoms with van der Waals surface area (Å²) in [6, 6.07) is 4.24. The van der Waals surface area contributed by atoms with E-state index in [1.165, 1.54) is 25.9 Å². The van der Waals surface area contributed by atoms with Crippen molar-refractivity contribution in [2.75, 3.05) is 19.6 Å². The monoisotopic (exact) mass is 287 g/mol. The molecule has 1 amide bonds. The van der Waals surface area contributed by atoms with Crippen LogP contribution < -0.4 is 5.32 Å². The number of amides is 1. The Balaban J connectivity index is 1.52. The predicted octanol–water partition coefficient (Wildman–Crippen LogP) is 2.12. The number of hydrogen-bond donors (Lipinski definition) is 1. The molecule has 0 aliphatic carbocycles. The molecule has 1 atom stereocenters. The topological polar surface area (TPSA) is 45.2 Å². The van der Waals surface area contributed by atoms with Gasteiger partial charge in [0, 0.05) is 35.1 Å². The van der Waals surface area contributed by atoms with E-state index in [1.807, 2.05) is 18.3 Å². The maximum absolute atomic E-state index is 12.4. The fourth-order valence-corrected chi connectivity index (χ4v) is 4.30. The highest BCUT2D eigenvalue weighted by Crippen LogP contribution is 2.29. The highest BCUT2D eigenvalue weighted by atomic mass is 32.1. The van der Waals surface area contributed by atoms with E-state index in [1.54, 1.807) is 17.5 Å². The van der Waals surface area contributed by atoms with Crippen LogP contribution in [0.5, 0.6) is 0 Å². The molecule has 4 nitrogen and oxygen atoms in total. The fourth-order valence-electron chi connectivity index (χ4n) is 3.36. The van der Waals surface area contributed by atoms with Crippen molar-refractivity contribution in [3.8, 4) is 0 Å². The van der Waals surface area contributed by atoms with Gasteiger partial charge in [-0.25, -0.2) is 0 Å². The summed E-state index contributed by atoms with van der Waals surface area (Å²) in [6.45, 7) is 3.42. The van der Waals surface area contributed by atoms with Crippen molar-refractivity contribution in [3.05, 3.63) is 29.4 Å². The summed E-state index contributed by atoms with van der Waals surface area (Å²) in [5, 5.41) is 4.29. The first-order valence-corrected chi connectivity index (χ1v) is 7.98. The number of carbonyl (C=O) groups excluding carboxylic acids is 1. The van der Waals surface area contributed by atoms with E-state index in [0.717, 1.165) is 21.5 Å². The molecule has 2 aromatic rings. The number of fused-ring (bicyclic) bond motifs is 4. The number of nitrogens with one attached hydrogen (secondary N) is 1. The molecule has 2 aromatic heterocycles. The molecule has 0 unspecified atom stereocenters. The average molecular weight is 287 g/mol. The summed E-state index contributed by atoms with van der Waals surface area (Å²) in [4.78, 5) is 19.8. The maximum atomic E-state index is 12.4. The van der Waals surface area contributed by atoms with Gasteiger partial charge in [-0.15, -0.1) is 11.3 Å². The normalized spacial score (nSPS) is 28.7. The molecule has 3 saturated heterocycles. The molecule has 3 aliphatic heterocycles. The summed E-state index contributed by atoms with van der Waals surface area (Å²) in [5.41, 5.74) is 0. The van der Waals surface area contributed by atoms with Crippen molar-refractivity contribution in [1.29, 1.82) is 0 Å². The Labute approximate surface area is 121 Å². The molecule has 2 bridgehead atoms. The van der Waals surface area contributed by atoms with Crippen molar-refractivity contribution in [2.24, 2.45) is 5.92 Å². The number of aromatic nitrogens is 1. The van der Waals surface area contributed by atoms with Crippen molar-refractivity contribution in [3.63, 3.8) is 0 Å². The minimum atomic E-state index is 0.0740. The van der Waals surface area contributed by atoms with E-state index in [2.05, 4.69) is 15.2 Å². The minimum absolute atomic E-state index is 0.0740. The summed E-state index contributed by atoms with van der Waals surface area (Å²) < 4.78 is 1.12. The smallest absolute Gasteiger partial charge is 0.261 e. The molecule has 104 valence electrons. The Kier molecular flexibility index (Phi) is 2.97. The van der Waals surface area contributed by atoms with Crippen molar-refractivity contribution >= 4 is 27.3 Å². The van der Waals surface area contributed by atoms with Gasteiger partial charge in [-0.1, -0.05) is 0 Å². The number of piperidine rings is 3. The zero-order chi connectivity index (χ0) is 13.5. The van der Waals surface area contributed by atoms with Crippen LogP contribution in [0.25, 0.3) is 10.1 Å². The van der Waals surface area contributed by atoms with Crippen LogP contribution in [0.15, 0.2) is 24.5 Å². The van der Waals surface area contributed by atoms with E-state index < -0.39 is 0 Å². The zero-order valence-electron chi connectivity index (χ0n) is 11.2. The van der Waals surface area contributed by atoms with Crippen molar-refractivity contribution < 1.29 is 4.79 Å². The lowest BCUT2D eigenvalue weighted by Crippen LogP contribution is -2.57. The molecular formula is C15H17N3OS. The SMILES string of the molecule is O=C(N[C@@H]1CN2CCC1CC2)c1cc2cnccc2s1. The molecule has 1 N–H and O–H groups in total. The lowest BCUT2D eigenvalue weighted by Gasteiger charge is -2.44. The fraction of sp³-hybridized carbons (Fsp3) is 0.467. The molecular weight excluding hydrogens is 270 g/mol. The second-order valence-corrected chi connectivity index (χ2v) is 6.83. The van der Waals surface area contributed by atoms with Crippen molar-refractivity contribution in [2.45, 2.75) is 18.9 Å². The third-order valence-electron chi connectivity index (χ3n) is 4.51. The maximum Gasteiger partial charge on any atom is 0.261 e. The number of carbonyl (C=O) groups is 1. The minimum Gasteiger partial charge on any atom is -0.347 e. The van der Waals surface area contributed by atoms with Crippen LogP contribution in [0, 0.1) is 5.92 Å². The highest BCUT2D eigenvalue weighted by Gasteiger charge is 2.35. The number of hydrogen-bond acceptors (Lipinski definition) is 4. The second kappa shape index (κ2) is 4.82. The molecule has 0 aromatic carbocycles. The quantitative estimate of drug-likeness (QED) is 0.920. The molecule has 0 radical (unpaired) electrons. The molecule has 3 aliphatic rings. The van der Waals surface area contributed by atoms with Crippen LogP contribution in [0.2, 0.25) is 0 Å². The van der Waals surface area contributed by atoms with E-state index in [0.29, 0.717) is 12.0 Å². The summed E-state index contributed by atoms with van der Waals surface area (Å²) in [5.74, 6) is 0.741. The van der Waals surface area contributed by atoms with E-state index in [4.69, 9.17) is 0 Å². The van der Waals surface area contributed by atoms with E-state index >= 15 is 0 Å². The third kappa shape index (κ3) is 2.11. The molecule has 3 fully saturated rings. The first-order valence-electron chi connectivity index (χ1n) is 7.16. The summed E-state index contributed by atoms with van der Waals surface area (Å²) in [7, 11) is 0. The van der Waals surface area contributed by atoms with Crippen LogP contribution >= 0.6 is 11.3 Å². The molecule has 5 heterocycles. The van der Waals surface area contributed by atoms with Crippen LogP contribution in [0.1, 0.15) is 22.5 Å². The Bertz CT molecular complexity index is 612. The Morgan fingerprint density at radius 1 is 1.40 bits per heavy atom. The lowest BCUT2D eigenvalue weighted by molar-refractivity contribution is 0.0622. The van der Waals surface area contributed by atoms with Crippen molar-refractivity contribution in [1.82, 2.24) is 15.2 Å². The summed E-state index contributed by atoms with van der Waals surface area (Å²) in [6.07, 6.45) is 6.04. The van der Waals surface area contributed by atoms with Gasteiger partial charge in [0.1, 0.15) is 0 Å². The third-order valence-corrected chi connectivity index (χ3v) is 5.63. The van der Waals surface area contributed by atoms with Gasteiger partial charge in [0.15, 0.2) is 0 Å². The largest absolute Gasteiger partial charge is 0.347 e. The van der Waals surface area contributed by atoms with Gasteiger partial charge in [-0.05, 0) is 44.0 Å². The van der Waals surface area contributed by atoms with Gasteiger partial charge < -0.3 is 10.2 Å². The van der Waals surface area contributed by atoms with Gasteiger partial charge in [-0.3, -0.25) is 9.78 Å². The number of pyridine rings is 1. The first kappa shape index (κ1) is 12.3. The van der Waals surface area contributed by atoms with Gasteiger partial charge in [0.05, 0.1) is 4.88 Å². The first-order chi connectivity index (χ1) is 9.79. The Hall–Kier alpha value is -1.46. The van der Waals surface area contributed by atoms with Gasteiger partial charge in [0.2, 0.25) is 0 Å². The number of rotatable bonds is 2. The molecule has 0 saturated carbocycles. The summed E-state index contributed by atoms with van der Waals surface area (Å²) >= 11 is 1.55. The number of nitrogens with zero attached hydrogens (tertiary/aromatic N) is 2. The number of thiophene rings is 1. The molecule has 0 spiro atoms. The van der Waals surface area contributed by atoms with Gasteiger partial charge in [-0.2, -0.15) is 0 Å². The van der Waals surface area contributed by atoms with Crippen LogP contribution in [0.3, 0.4) is 0 Å². The molecule has 20 heavy (non-hydrogen) atoms. The van der Waals surface area contributed by atoms with Crippen LogP contribution in [-0.2, 0) is 0 Å². The Morgan fingerprint density at radius 2 is 2.25 bits per heavy atom. The van der Waals surface area contributed by atoms with E-state index in [9.17, 15) is 4.79 Å². The molecule has 5 rings (SSSR count). The van der Waals surface area contributed by atoms with Gasteiger partial charge >= 0.3 is 0 Å². The predicted molar refractivity (Wildman–Crippen MR) is 80.0 cm³/mol. The van der Waals surface area contributed by atoms with E-state index in [-0.39, 0.29) is 5.91 Å². The Morgan fingerprint density at radius 3 is 2.95 bits per heavy atom.